The summed E-state index contributed by atoms with van der Waals surface area (Å²) in [5.74, 6) is -1.09. The molecule has 0 radical (unpaired) electrons. The highest BCUT2D eigenvalue weighted by Gasteiger charge is 2.26. The smallest absolute Gasteiger partial charge is 0.303 e. The van der Waals surface area contributed by atoms with Gasteiger partial charge in [-0.3, -0.25) is 9.59 Å². The van der Waals surface area contributed by atoms with Gasteiger partial charge in [-0.1, -0.05) is 6.92 Å². The molecule has 0 heterocycles. The van der Waals surface area contributed by atoms with E-state index in [2.05, 4.69) is 5.32 Å². The van der Waals surface area contributed by atoms with E-state index in [1.165, 1.54) is 0 Å². The molecule has 5 heteroatoms. The molecule has 0 saturated carbocycles. The molecule has 88 valence electrons. The maximum atomic E-state index is 11.6. The van der Waals surface area contributed by atoms with Crippen molar-refractivity contribution < 1.29 is 14.7 Å². The molecular weight excluding hydrogens is 196 g/mol. The Bertz CT molecular complexity index is 239. The minimum atomic E-state index is -0.877. The molecule has 0 spiro atoms. The second kappa shape index (κ2) is 5.70. The molecule has 4 N–H and O–H groups in total. The third kappa shape index (κ3) is 5.37. The molecule has 0 aromatic heterocycles. The van der Waals surface area contributed by atoms with Crippen molar-refractivity contribution in [3.05, 3.63) is 0 Å². The van der Waals surface area contributed by atoms with E-state index in [4.69, 9.17) is 10.8 Å². The number of carbonyl (C=O) groups excluding carboxylic acids is 1. The lowest BCUT2D eigenvalue weighted by Gasteiger charge is -2.24. The van der Waals surface area contributed by atoms with Crippen LogP contribution >= 0.6 is 0 Å². The summed E-state index contributed by atoms with van der Waals surface area (Å²) in [7, 11) is 0. The van der Waals surface area contributed by atoms with Crippen LogP contribution in [0.2, 0.25) is 0 Å². The minimum Gasteiger partial charge on any atom is -0.481 e. The average Bonchev–Trinajstić information content (AvgIpc) is 2.14. The van der Waals surface area contributed by atoms with Gasteiger partial charge in [0.05, 0.1) is 5.54 Å². The van der Waals surface area contributed by atoms with Crippen LogP contribution < -0.4 is 11.1 Å². The highest BCUT2D eigenvalue weighted by molar-refractivity contribution is 5.85. The Labute approximate surface area is 90.0 Å². The Morgan fingerprint density at radius 1 is 1.53 bits per heavy atom. The van der Waals surface area contributed by atoms with Crippen molar-refractivity contribution in [3.8, 4) is 0 Å². The van der Waals surface area contributed by atoms with Gasteiger partial charge in [0.15, 0.2) is 0 Å². The van der Waals surface area contributed by atoms with Crippen LogP contribution in [0.5, 0.6) is 0 Å². The Balaban J connectivity index is 4.01. The lowest BCUT2D eigenvalue weighted by molar-refractivity contribution is -0.137. The van der Waals surface area contributed by atoms with Crippen molar-refractivity contribution in [2.45, 2.75) is 51.6 Å². The number of carboxylic acids is 1. The van der Waals surface area contributed by atoms with Crippen molar-refractivity contribution in [3.63, 3.8) is 0 Å². The minimum absolute atomic E-state index is 0.0505. The fourth-order valence-electron chi connectivity index (χ4n) is 0.961. The number of carbonyl (C=O) groups is 2. The normalized spacial score (nSPS) is 16.5. The van der Waals surface area contributed by atoms with Crippen LogP contribution in [0.1, 0.15) is 40.0 Å². The quantitative estimate of drug-likeness (QED) is 0.602. The molecule has 0 aliphatic heterocycles. The zero-order chi connectivity index (χ0) is 12.1. The predicted molar refractivity (Wildman–Crippen MR) is 57.4 cm³/mol. The van der Waals surface area contributed by atoms with Gasteiger partial charge in [-0.2, -0.15) is 0 Å². The van der Waals surface area contributed by atoms with E-state index in [9.17, 15) is 9.59 Å². The van der Waals surface area contributed by atoms with E-state index in [-0.39, 0.29) is 18.4 Å². The van der Waals surface area contributed by atoms with Crippen molar-refractivity contribution in [1.82, 2.24) is 5.32 Å². The van der Waals surface area contributed by atoms with E-state index < -0.39 is 11.5 Å². The zero-order valence-corrected chi connectivity index (χ0v) is 9.54. The lowest BCUT2D eigenvalue weighted by Crippen LogP contribution is -2.53. The van der Waals surface area contributed by atoms with Crippen molar-refractivity contribution in [2.75, 3.05) is 0 Å². The standard InChI is InChI=1S/C10H20N2O3/c1-4-10(3,11)9(15)12-7(2)5-6-8(13)14/h7H,4-6,11H2,1-3H3,(H,12,15)(H,13,14). The van der Waals surface area contributed by atoms with Crippen LogP contribution in [-0.2, 0) is 9.59 Å². The van der Waals surface area contributed by atoms with E-state index in [0.29, 0.717) is 12.8 Å². The summed E-state index contributed by atoms with van der Waals surface area (Å²) in [5, 5.41) is 11.2. The maximum absolute atomic E-state index is 11.6. The fraction of sp³-hybridized carbons (Fsp3) is 0.800. The van der Waals surface area contributed by atoms with E-state index in [0.717, 1.165) is 0 Å². The molecule has 0 fully saturated rings. The van der Waals surface area contributed by atoms with Crippen molar-refractivity contribution in [2.24, 2.45) is 5.73 Å². The first kappa shape index (κ1) is 13.9. The van der Waals surface area contributed by atoms with Gasteiger partial charge in [0.1, 0.15) is 0 Å². The molecule has 2 unspecified atom stereocenters. The molecule has 15 heavy (non-hydrogen) atoms. The summed E-state index contributed by atoms with van der Waals surface area (Å²) in [6.07, 6.45) is 1.01. The number of rotatable bonds is 6. The van der Waals surface area contributed by atoms with Gasteiger partial charge in [-0.25, -0.2) is 0 Å². The van der Waals surface area contributed by atoms with E-state index in [1.54, 1.807) is 13.8 Å². The summed E-state index contributed by atoms with van der Waals surface area (Å²) < 4.78 is 0. The molecule has 0 aromatic rings. The van der Waals surface area contributed by atoms with Gasteiger partial charge >= 0.3 is 5.97 Å². The molecule has 5 nitrogen and oxygen atoms in total. The van der Waals surface area contributed by atoms with Gasteiger partial charge in [0.25, 0.3) is 0 Å². The first-order chi connectivity index (χ1) is 6.79. The van der Waals surface area contributed by atoms with Gasteiger partial charge in [0, 0.05) is 12.5 Å². The average molecular weight is 216 g/mol. The van der Waals surface area contributed by atoms with Crippen LogP contribution in [0.25, 0.3) is 0 Å². The molecule has 2 atom stereocenters. The van der Waals surface area contributed by atoms with Gasteiger partial charge in [0.2, 0.25) is 5.91 Å². The molecule has 0 aliphatic carbocycles. The van der Waals surface area contributed by atoms with Crippen LogP contribution in [0.15, 0.2) is 0 Å². The first-order valence-corrected chi connectivity index (χ1v) is 5.11. The molecule has 0 aliphatic rings. The van der Waals surface area contributed by atoms with E-state index in [1.807, 2.05) is 6.92 Å². The topological polar surface area (TPSA) is 92.4 Å². The zero-order valence-electron chi connectivity index (χ0n) is 9.54. The molecule has 0 bridgehead atoms. The Morgan fingerprint density at radius 2 is 2.07 bits per heavy atom. The monoisotopic (exact) mass is 216 g/mol. The number of nitrogens with one attached hydrogen (secondary N) is 1. The third-order valence-corrected chi connectivity index (χ3v) is 2.42. The largest absolute Gasteiger partial charge is 0.481 e. The molecule has 0 saturated heterocycles. The fourth-order valence-corrected chi connectivity index (χ4v) is 0.961. The Kier molecular flexibility index (Phi) is 5.28. The van der Waals surface area contributed by atoms with Crippen LogP contribution in [-0.4, -0.2) is 28.6 Å². The summed E-state index contributed by atoms with van der Waals surface area (Å²) in [4.78, 5) is 21.9. The maximum Gasteiger partial charge on any atom is 0.303 e. The third-order valence-electron chi connectivity index (χ3n) is 2.42. The highest BCUT2D eigenvalue weighted by atomic mass is 16.4. The van der Waals surface area contributed by atoms with Crippen LogP contribution in [0.4, 0.5) is 0 Å². The second-order valence-electron chi connectivity index (χ2n) is 4.08. The van der Waals surface area contributed by atoms with Crippen LogP contribution in [0, 0.1) is 0 Å². The number of aliphatic carboxylic acids is 1. The molecule has 0 rings (SSSR count). The van der Waals surface area contributed by atoms with Crippen molar-refractivity contribution >= 4 is 11.9 Å². The summed E-state index contributed by atoms with van der Waals surface area (Å²) in [6, 6.07) is -0.164. The van der Waals surface area contributed by atoms with Crippen molar-refractivity contribution in [1.29, 1.82) is 0 Å². The van der Waals surface area contributed by atoms with Gasteiger partial charge < -0.3 is 16.2 Å². The molecule has 1 amide bonds. The van der Waals surface area contributed by atoms with Crippen LogP contribution in [0.3, 0.4) is 0 Å². The summed E-state index contributed by atoms with van der Waals surface area (Å²) >= 11 is 0. The SMILES string of the molecule is CCC(C)(N)C(=O)NC(C)CCC(=O)O. The number of amides is 1. The predicted octanol–water partition coefficient (Wildman–Crippen LogP) is 0.483. The summed E-state index contributed by atoms with van der Waals surface area (Å²) in [5.41, 5.74) is 4.86. The van der Waals surface area contributed by atoms with E-state index >= 15 is 0 Å². The highest BCUT2D eigenvalue weighted by Crippen LogP contribution is 2.06. The number of hydrogen-bond donors (Lipinski definition) is 3. The Hall–Kier alpha value is -1.10. The van der Waals surface area contributed by atoms with Gasteiger partial charge in [-0.15, -0.1) is 0 Å². The molecular formula is C10H20N2O3. The Morgan fingerprint density at radius 3 is 2.47 bits per heavy atom. The lowest BCUT2D eigenvalue weighted by atomic mass is 9.99. The van der Waals surface area contributed by atoms with Gasteiger partial charge in [-0.05, 0) is 26.7 Å². The molecule has 0 aromatic carbocycles. The number of carboxylic acid groups (broad SMARTS) is 1. The summed E-state index contributed by atoms with van der Waals surface area (Å²) in [6.45, 7) is 5.26. The number of hydrogen-bond acceptors (Lipinski definition) is 3. The first-order valence-electron chi connectivity index (χ1n) is 5.11. The number of nitrogens with two attached hydrogens (primary N) is 1. The second-order valence-corrected chi connectivity index (χ2v) is 4.08.